The Bertz CT molecular complexity index is 535. The summed E-state index contributed by atoms with van der Waals surface area (Å²) >= 11 is 0.0153. The number of carbonyl (C=O) groups is 2. The van der Waals surface area contributed by atoms with Gasteiger partial charge >= 0.3 is 24.2 Å². The molecule has 5 nitrogen and oxygen atoms in total. The second-order valence-electron chi connectivity index (χ2n) is 3.33. The number of anilines is 1. The molecule has 0 bridgehead atoms. The number of aromatic carboxylic acids is 1. The number of hydrogen-bond acceptors (Lipinski definition) is 4. The Morgan fingerprint density at radius 2 is 1.75 bits per heavy atom. The maximum atomic E-state index is 12.1. The molecule has 0 fully saturated rings. The molecule has 0 spiro atoms. The van der Waals surface area contributed by atoms with Gasteiger partial charge in [-0.2, -0.15) is 26.3 Å². The molecule has 0 radical (unpaired) electrons. The fourth-order valence-electron chi connectivity index (χ4n) is 1.02. The van der Waals surface area contributed by atoms with E-state index >= 15 is 0 Å². The quantitative estimate of drug-likeness (QED) is 0.838. The summed E-state index contributed by atoms with van der Waals surface area (Å²) in [6, 6.07) is 0. The first-order valence-electron chi connectivity index (χ1n) is 4.58. The fourth-order valence-corrected chi connectivity index (χ4v) is 2.00. The maximum Gasteiger partial charge on any atom is 0.471 e. The Morgan fingerprint density at radius 1 is 1.20 bits per heavy atom. The van der Waals surface area contributed by atoms with Crippen LogP contribution < -0.4 is 5.32 Å². The lowest BCUT2D eigenvalue weighted by atomic mass is 10.4. The molecule has 0 saturated heterocycles. The Hall–Kier alpha value is -1.85. The van der Waals surface area contributed by atoms with E-state index in [0.717, 1.165) is 0 Å². The van der Waals surface area contributed by atoms with E-state index in [1.54, 1.807) is 0 Å². The second kappa shape index (κ2) is 5.26. The van der Waals surface area contributed by atoms with E-state index in [9.17, 15) is 35.9 Å². The van der Waals surface area contributed by atoms with Crippen molar-refractivity contribution in [3.63, 3.8) is 0 Å². The van der Waals surface area contributed by atoms with Gasteiger partial charge in [0.2, 0.25) is 0 Å². The number of amides is 1. The third kappa shape index (κ3) is 4.36. The monoisotopic (exact) mass is 322 g/mol. The number of carbonyl (C=O) groups excluding carboxylic acids is 1. The van der Waals surface area contributed by atoms with Crippen LogP contribution in [0, 0.1) is 0 Å². The van der Waals surface area contributed by atoms with Gasteiger partial charge in [0.1, 0.15) is 10.0 Å². The largest absolute Gasteiger partial charge is 0.476 e. The number of aromatic nitrogens is 1. The van der Waals surface area contributed by atoms with Gasteiger partial charge < -0.3 is 10.4 Å². The minimum atomic E-state index is -5.30. The van der Waals surface area contributed by atoms with Gasteiger partial charge in [-0.25, -0.2) is 9.78 Å². The van der Waals surface area contributed by atoms with Gasteiger partial charge in [0, 0.05) is 0 Å². The zero-order valence-electron chi connectivity index (χ0n) is 9.09. The van der Waals surface area contributed by atoms with E-state index < -0.39 is 46.4 Å². The maximum absolute atomic E-state index is 12.1. The molecule has 0 aliphatic heterocycles. The smallest absolute Gasteiger partial charge is 0.471 e. The predicted octanol–water partition coefficient (Wildman–Crippen LogP) is 2.45. The summed E-state index contributed by atoms with van der Waals surface area (Å²) < 4.78 is 72.2. The van der Waals surface area contributed by atoms with Crippen LogP contribution in [-0.2, 0) is 11.2 Å². The zero-order chi connectivity index (χ0) is 15.7. The molecule has 0 unspecified atom stereocenters. The summed E-state index contributed by atoms with van der Waals surface area (Å²) in [4.78, 5) is 24.3. The minimum absolute atomic E-state index is 0.0153. The van der Waals surface area contributed by atoms with E-state index in [2.05, 4.69) is 4.98 Å². The van der Waals surface area contributed by atoms with Gasteiger partial charge in [-0.05, 0) is 0 Å². The molecule has 0 aromatic carbocycles. The number of thiazole rings is 1. The van der Waals surface area contributed by atoms with Gasteiger partial charge in [0.05, 0.1) is 6.42 Å². The van der Waals surface area contributed by atoms with Crippen molar-refractivity contribution in [2.45, 2.75) is 18.8 Å². The van der Waals surface area contributed by atoms with Crippen LogP contribution in [0.15, 0.2) is 0 Å². The van der Waals surface area contributed by atoms with Gasteiger partial charge in [-0.15, -0.1) is 11.3 Å². The first-order valence-corrected chi connectivity index (χ1v) is 5.39. The molecule has 1 rings (SSSR count). The van der Waals surface area contributed by atoms with Crippen LogP contribution in [0.2, 0.25) is 0 Å². The summed E-state index contributed by atoms with van der Waals surface area (Å²) in [6.45, 7) is 0. The minimum Gasteiger partial charge on any atom is -0.476 e. The second-order valence-corrected chi connectivity index (χ2v) is 4.42. The number of carboxylic acids is 1. The number of nitrogens with zero attached hydrogens (tertiary/aromatic N) is 1. The number of nitrogens with one attached hydrogen (secondary N) is 1. The van der Waals surface area contributed by atoms with Crippen molar-refractivity contribution in [3.8, 4) is 0 Å². The van der Waals surface area contributed by atoms with E-state index in [0.29, 0.717) is 0 Å². The SMILES string of the molecule is O=C(O)c1nc(CC(F)(F)F)sc1NC(=O)C(F)(F)F. The number of carboxylic acid groups (broad SMARTS) is 1. The third-order valence-electron chi connectivity index (χ3n) is 1.71. The summed E-state index contributed by atoms with van der Waals surface area (Å²) in [5.41, 5.74) is -1.08. The molecule has 112 valence electrons. The van der Waals surface area contributed by atoms with E-state index in [1.165, 1.54) is 5.32 Å². The van der Waals surface area contributed by atoms with Crippen molar-refractivity contribution >= 4 is 28.2 Å². The highest BCUT2D eigenvalue weighted by molar-refractivity contribution is 7.16. The Balaban J connectivity index is 3.06. The van der Waals surface area contributed by atoms with Crippen LogP contribution in [0.25, 0.3) is 0 Å². The van der Waals surface area contributed by atoms with Crippen LogP contribution in [0.1, 0.15) is 15.5 Å². The number of rotatable bonds is 3. The van der Waals surface area contributed by atoms with Crippen molar-refractivity contribution in [2.75, 3.05) is 5.32 Å². The van der Waals surface area contributed by atoms with E-state index in [1.807, 2.05) is 0 Å². The van der Waals surface area contributed by atoms with Gasteiger partial charge in [-0.3, -0.25) is 4.79 Å². The molecule has 1 heterocycles. The van der Waals surface area contributed by atoms with Crippen LogP contribution in [0.3, 0.4) is 0 Å². The molecule has 20 heavy (non-hydrogen) atoms. The molecular weight excluding hydrogens is 318 g/mol. The highest BCUT2D eigenvalue weighted by Gasteiger charge is 2.40. The van der Waals surface area contributed by atoms with E-state index in [4.69, 9.17) is 5.11 Å². The highest BCUT2D eigenvalue weighted by Crippen LogP contribution is 2.31. The van der Waals surface area contributed by atoms with Crippen LogP contribution in [0.4, 0.5) is 31.3 Å². The van der Waals surface area contributed by atoms with Crippen molar-refractivity contribution < 1.29 is 41.0 Å². The Labute approximate surface area is 110 Å². The van der Waals surface area contributed by atoms with Gasteiger partial charge in [0.15, 0.2) is 5.69 Å². The molecular formula is C8H4F6N2O3S. The van der Waals surface area contributed by atoms with E-state index in [-0.39, 0.29) is 11.3 Å². The average Bonchev–Trinajstić information content (AvgIpc) is 2.56. The fraction of sp³-hybridized carbons (Fsp3) is 0.375. The van der Waals surface area contributed by atoms with Crippen LogP contribution in [-0.4, -0.2) is 34.3 Å². The molecule has 0 aliphatic rings. The van der Waals surface area contributed by atoms with Crippen molar-refractivity contribution in [1.29, 1.82) is 0 Å². The Kier molecular flexibility index (Phi) is 4.27. The normalized spacial score (nSPS) is 12.3. The molecule has 0 aliphatic carbocycles. The van der Waals surface area contributed by atoms with Crippen LogP contribution >= 0.6 is 11.3 Å². The summed E-state index contributed by atoms with van der Waals surface area (Å²) in [7, 11) is 0. The number of alkyl halides is 6. The number of halogens is 6. The highest BCUT2D eigenvalue weighted by atomic mass is 32.1. The zero-order valence-corrected chi connectivity index (χ0v) is 9.91. The molecule has 12 heteroatoms. The summed E-state index contributed by atoms with van der Waals surface area (Å²) in [6.07, 6.45) is -11.6. The average molecular weight is 322 g/mol. The lowest BCUT2D eigenvalue weighted by molar-refractivity contribution is -0.167. The third-order valence-corrected chi connectivity index (χ3v) is 2.68. The predicted molar refractivity (Wildman–Crippen MR) is 53.5 cm³/mol. The Morgan fingerprint density at radius 3 is 2.15 bits per heavy atom. The molecule has 1 aromatic heterocycles. The van der Waals surface area contributed by atoms with Gasteiger partial charge in [-0.1, -0.05) is 0 Å². The molecule has 1 amide bonds. The lowest BCUT2D eigenvalue weighted by Crippen LogP contribution is -2.30. The summed E-state index contributed by atoms with van der Waals surface area (Å²) in [5, 5.41) is 8.13. The first kappa shape index (κ1) is 16.2. The topological polar surface area (TPSA) is 79.3 Å². The van der Waals surface area contributed by atoms with Crippen molar-refractivity contribution in [1.82, 2.24) is 4.98 Å². The molecule has 0 atom stereocenters. The van der Waals surface area contributed by atoms with Crippen LogP contribution in [0.5, 0.6) is 0 Å². The van der Waals surface area contributed by atoms with Crippen molar-refractivity contribution in [2.24, 2.45) is 0 Å². The van der Waals surface area contributed by atoms with Crippen molar-refractivity contribution in [3.05, 3.63) is 10.7 Å². The first-order chi connectivity index (χ1) is 8.90. The van der Waals surface area contributed by atoms with Gasteiger partial charge in [0.25, 0.3) is 0 Å². The lowest BCUT2D eigenvalue weighted by Gasteiger charge is -2.05. The number of hydrogen-bond donors (Lipinski definition) is 2. The standard InChI is InChI=1S/C8H4F6N2O3S/c9-7(10,11)1-2-15-3(5(17)18)4(20-2)16-6(19)8(12,13)14/h1H2,(H,16,19)(H,17,18). The molecule has 1 aromatic rings. The molecule has 2 N–H and O–H groups in total. The molecule has 0 saturated carbocycles. The summed E-state index contributed by atoms with van der Waals surface area (Å²) in [5.74, 6) is -4.35.